The molecule has 0 aromatic heterocycles. The summed E-state index contributed by atoms with van der Waals surface area (Å²) in [5, 5.41) is 0. The van der Waals surface area contributed by atoms with Crippen molar-refractivity contribution in [3.8, 4) is 11.5 Å². The predicted octanol–water partition coefficient (Wildman–Crippen LogP) is 6.27. The lowest BCUT2D eigenvalue weighted by Gasteiger charge is -2.40. The van der Waals surface area contributed by atoms with Crippen LogP contribution in [0.2, 0.25) is 0 Å². The zero-order chi connectivity index (χ0) is 20.6. The van der Waals surface area contributed by atoms with Gasteiger partial charge in [-0.2, -0.15) is 0 Å². The maximum atomic E-state index is 6.66. The minimum absolute atomic E-state index is 0.824. The molecule has 2 aliphatic rings. The van der Waals surface area contributed by atoms with Gasteiger partial charge in [-0.15, -0.1) is 0 Å². The Bertz CT molecular complexity index is 1130. The number of benzene rings is 3. The van der Waals surface area contributed by atoms with Crippen LogP contribution in [-0.4, -0.2) is 18.9 Å². The van der Waals surface area contributed by atoms with Crippen LogP contribution in [0.3, 0.4) is 0 Å². The van der Waals surface area contributed by atoms with Crippen molar-refractivity contribution in [3.05, 3.63) is 95.6 Å². The van der Waals surface area contributed by atoms with Crippen molar-refractivity contribution in [1.29, 1.82) is 0 Å². The number of hydrogen-bond acceptors (Lipinski definition) is 3. The monoisotopic (exact) mass is 395 g/mol. The van der Waals surface area contributed by atoms with Crippen LogP contribution >= 0.6 is 0 Å². The van der Waals surface area contributed by atoms with Crippen LogP contribution in [-0.2, 0) is 0 Å². The highest BCUT2D eigenvalue weighted by Gasteiger charge is 2.43. The number of rotatable bonds is 4. The molecule has 150 valence electrons. The minimum Gasteiger partial charge on any atom is -0.444 e. The molecule has 0 bridgehead atoms. The highest BCUT2D eigenvalue weighted by Crippen LogP contribution is 2.46. The molecule has 0 radical (unpaired) electrons. The van der Waals surface area contributed by atoms with Gasteiger partial charge in [-0.3, -0.25) is 0 Å². The van der Waals surface area contributed by atoms with Crippen molar-refractivity contribution >= 4 is 23.4 Å². The standard InChI is InChI=1S/C27H25NO2/c1-3-28(4-2)23-15-14-21-16-17-27(30-26(21)19-23)24(20-10-6-5-7-11-20)18-22-12-8-9-13-25(22)29-27/h5-19H,3-4H2,1-2H3/t27-/m0/s1. The summed E-state index contributed by atoms with van der Waals surface area (Å²) in [5.41, 5.74) is 5.36. The molecule has 3 aromatic rings. The van der Waals surface area contributed by atoms with Gasteiger partial charge in [0.25, 0.3) is 5.79 Å². The smallest absolute Gasteiger partial charge is 0.299 e. The second kappa shape index (κ2) is 7.42. The molecule has 5 rings (SSSR count). The Morgan fingerprint density at radius 2 is 1.50 bits per heavy atom. The van der Waals surface area contributed by atoms with Gasteiger partial charge in [0.1, 0.15) is 11.5 Å². The first-order valence-corrected chi connectivity index (χ1v) is 10.6. The number of para-hydroxylation sites is 1. The van der Waals surface area contributed by atoms with E-state index in [0.29, 0.717) is 0 Å². The highest BCUT2D eigenvalue weighted by molar-refractivity contribution is 5.91. The van der Waals surface area contributed by atoms with Crippen molar-refractivity contribution in [2.75, 3.05) is 18.0 Å². The Hall–Kier alpha value is -3.46. The van der Waals surface area contributed by atoms with Crippen molar-refractivity contribution in [3.63, 3.8) is 0 Å². The van der Waals surface area contributed by atoms with E-state index in [4.69, 9.17) is 9.47 Å². The predicted molar refractivity (Wildman–Crippen MR) is 124 cm³/mol. The Balaban J connectivity index is 1.63. The van der Waals surface area contributed by atoms with E-state index in [0.717, 1.165) is 52.5 Å². The van der Waals surface area contributed by atoms with Crippen LogP contribution in [0.15, 0.2) is 78.9 Å². The third-order valence-corrected chi connectivity index (χ3v) is 5.81. The average Bonchev–Trinajstić information content (AvgIpc) is 2.80. The first-order chi connectivity index (χ1) is 14.7. The van der Waals surface area contributed by atoms with Crippen LogP contribution in [0.1, 0.15) is 30.5 Å². The lowest BCUT2D eigenvalue weighted by atomic mass is 9.90. The summed E-state index contributed by atoms with van der Waals surface area (Å²) in [7, 11) is 0. The molecule has 0 saturated heterocycles. The SMILES string of the molecule is CCN(CC)c1ccc2c(c1)O[C@]1(C=C2)Oc2ccccc2C=C1c1ccccc1. The lowest BCUT2D eigenvalue weighted by Crippen LogP contribution is -2.44. The molecule has 0 aliphatic carbocycles. The van der Waals surface area contributed by atoms with E-state index in [1.165, 1.54) is 0 Å². The summed E-state index contributed by atoms with van der Waals surface area (Å²) in [6, 6.07) is 24.8. The molecular weight excluding hydrogens is 370 g/mol. The van der Waals surface area contributed by atoms with Gasteiger partial charge < -0.3 is 14.4 Å². The first kappa shape index (κ1) is 18.6. The quantitative estimate of drug-likeness (QED) is 0.520. The molecule has 0 N–H and O–H groups in total. The van der Waals surface area contributed by atoms with Gasteiger partial charge in [0.05, 0.1) is 0 Å². The number of ether oxygens (including phenoxy) is 2. The molecule has 0 unspecified atom stereocenters. The summed E-state index contributed by atoms with van der Waals surface area (Å²) < 4.78 is 13.2. The zero-order valence-electron chi connectivity index (χ0n) is 17.3. The molecule has 30 heavy (non-hydrogen) atoms. The number of hydrogen-bond donors (Lipinski definition) is 0. The van der Waals surface area contributed by atoms with Crippen LogP contribution in [0.5, 0.6) is 11.5 Å². The molecule has 2 aliphatic heterocycles. The van der Waals surface area contributed by atoms with Gasteiger partial charge in [0.2, 0.25) is 0 Å². The maximum Gasteiger partial charge on any atom is 0.299 e. The van der Waals surface area contributed by atoms with Gasteiger partial charge in [-0.1, -0.05) is 48.5 Å². The van der Waals surface area contributed by atoms with E-state index in [-0.39, 0.29) is 0 Å². The molecule has 1 atom stereocenters. The van der Waals surface area contributed by atoms with E-state index in [2.05, 4.69) is 67.3 Å². The fraction of sp³-hybridized carbons (Fsp3) is 0.185. The zero-order valence-corrected chi connectivity index (χ0v) is 17.3. The number of anilines is 1. The highest BCUT2D eigenvalue weighted by atomic mass is 16.7. The fourth-order valence-corrected chi connectivity index (χ4v) is 4.20. The molecule has 0 saturated carbocycles. The first-order valence-electron chi connectivity index (χ1n) is 10.6. The van der Waals surface area contributed by atoms with Crippen LogP contribution < -0.4 is 14.4 Å². The molecular formula is C27H25NO2. The van der Waals surface area contributed by atoms with Crippen LogP contribution in [0.25, 0.3) is 17.7 Å². The molecule has 2 heterocycles. The molecule has 0 fully saturated rings. The molecule has 0 amide bonds. The van der Waals surface area contributed by atoms with E-state index < -0.39 is 5.79 Å². The Labute approximate surface area is 177 Å². The van der Waals surface area contributed by atoms with Crippen LogP contribution in [0, 0.1) is 0 Å². The summed E-state index contributed by atoms with van der Waals surface area (Å²) in [5.74, 6) is 0.665. The van der Waals surface area contributed by atoms with Gasteiger partial charge in [-0.25, -0.2) is 0 Å². The molecule has 3 heteroatoms. The third kappa shape index (κ3) is 3.07. The topological polar surface area (TPSA) is 21.7 Å². The third-order valence-electron chi connectivity index (χ3n) is 5.81. The number of fused-ring (bicyclic) bond motifs is 2. The van der Waals surface area contributed by atoms with Gasteiger partial charge >= 0.3 is 0 Å². The maximum absolute atomic E-state index is 6.66. The molecule has 3 nitrogen and oxygen atoms in total. The Morgan fingerprint density at radius 1 is 0.767 bits per heavy atom. The van der Waals surface area contributed by atoms with Crippen molar-refractivity contribution in [2.45, 2.75) is 19.6 Å². The minimum atomic E-state index is -0.995. The number of nitrogens with zero attached hydrogens (tertiary/aromatic N) is 1. The van der Waals surface area contributed by atoms with Crippen molar-refractivity contribution < 1.29 is 9.47 Å². The van der Waals surface area contributed by atoms with E-state index in [9.17, 15) is 0 Å². The second-order valence-electron chi connectivity index (χ2n) is 7.56. The Kier molecular flexibility index (Phi) is 4.59. The van der Waals surface area contributed by atoms with E-state index in [1.54, 1.807) is 0 Å². The van der Waals surface area contributed by atoms with Gasteiger partial charge in [0.15, 0.2) is 0 Å². The summed E-state index contributed by atoms with van der Waals surface area (Å²) in [6.07, 6.45) is 6.31. The molecule has 1 spiro atoms. The average molecular weight is 396 g/mol. The summed E-state index contributed by atoms with van der Waals surface area (Å²) in [4.78, 5) is 2.32. The summed E-state index contributed by atoms with van der Waals surface area (Å²) >= 11 is 0. The van der Waals surface area contributed by atoms with Crippen molar-refractivity contribution in [2.24, 2.45) is 0 Å². The lowest BCUT2D eigenvalue weighted by molar-refractivity contribution is -0.0211. The van der Waals surface area contributed by atoms with Crippen LogP contribution in [0.4, 0.5) is 5.69 Å². The van der Waals surface area contributed by atoms with E-state index >= 15 is 0 Å². The largest absolute Gasteiger partial charge is 0.444 e. The van der Waals surface area contributed by atoms with Gasteiger partial charge in [-0.05, 0) is 49.8 Å². The normalized spacial score (nSPS) is 18.7. The van der Waals surface area contributed by atoms with E-state index in [1.807, 2.05) is 42.5 Å². The fourth-order valence-electron chi connectivity index (χ4n) is 4.20. The Morgan fingerprint density at radius 3 is 2.30 bits per heavy atom. The van der Waals surface area contributed by atoms with Crippen molar-refractivity contribution in [1.82, 2.24) is 0 Å². The second-order valence-corrected chi connectivity index (χ2v) is 7.56. The summed E-state index contributed by atoms with van der Waals surface area (Å²) in [6.45, 7) is 6.25. The van der Waals surface area contributed by atoms with Gasteiger partial charge in [0, 0.05) is 47.6 Å². The molecule has 3 aromatic carbocycles.